The number of hydrogen-bond donors (Lipinski definition) is 0. The Morgan fingerprint density at radius 1 is 1.38 bits per heavy atom. The average molecular weight is 221 g/mol. The second kappa shape index (κ2) is 4.66. The lowest BCUT2D eigenvalue weighted by Gasteiger charge is -2.10. The van der Waals surface area contributed by atoms with E-state index < -0.39 is 6.95 Å². The topological polar surface area (TPSA) is 35.5 Å². The van der Waals surface area contributed by atoms with Crippen molar-refractivity contribution in [2.45, 2.75) is 6.92 Å². The van der Waals surface area contributed by atoms with Crippen LogP contribution in [-0.4, -0.2) is 6.61 Å². The molecule has 1 aromatic rings. The van der Waals surface area contributed by atoms with Gasteiger partial charge in [-0.15, -0.1) is 0 Å². The Morgan fingerprint density at radius 2 is 2.00 bits per heavy atom. The third-order valence-electron chi connectivity index (χ3n) is 1.24. The normalized spacial score (nSPS) is 14.9. The van der Waals surface area contributed by atoms with Crippen molar-refractivity contribution >= 4 is 18.2 Å². The van der Waals surface area contributed by atoms with E-state index in [1.54, 1.807) is 31.2 Å². The van der Waals surface area contributed by atoms with Crippen LogP contribution in [0.3, 0.4) is 0 Å². The van der Waals surface area contributed by atoms with E-state index in [0.29, 0.717) is 5.75 Å². The summed E-state index contributed by atoms with van der Waals surface area (Å²) >= 11 is 5.48. The fourth-order valence-corrected chi connectivity index (χ4v) is 2.05. The summed E-state index contributed by atoms with van der Waals surface area (Å²) in [4.78, 5) is 0. The second-order valence-electron chi connectivity index (χ2n) is 2.25. The van der Waals surface area contributed by atoms with Crippen molar-refractivity contribution < 1.29 is 13.6 Å². The van der Waals surface area contributed by atoms with E-state index in [2.05, 4.69) is 0 Å². The molecule has 0 radical (unpaired) electrons. The second-order valence-corrected chi connectivity index (χ2v) is 4.80. The van der Waals surface area contributed by atoms with Gasteiger partial charge in [0.15, 0.2) is 0 Å². The summed E-state index contributed by atoms with van der Waals surface area (Å²) in [6.45, 7) is -1.49. The highest BCUT2D eigenvalue weighted by Gasteiger charge is 2.21. The highest BCUT2D eigenvalue weighted by molar-refractivity contribution is 7.81. The van der Waals surface area contributed by atoms with Gasteiger partial charge in [-0.3, -0.25) is 4.52 Å². The zero-order chi connectivity index (χ0) is 9.73. The van der Waals surface area contributed by atoms with Crippen LogP contribution in [0.25, 0.3) is 0 Å². The number of halogens is 1. The number of hydrogen-bond acceptors (Lipinski definition) is 3. The van der Waals surface area contributed by atoms with Gasteiger partial charge in [0.05, 0.1) is 6.61 Å². The van der Waals surface area contributed by atoms with Crippen molar-refractivity contribution in [2.24, 2.45) is 0 Å². The van der Waals surface area contributed by atoms with Crippen molar-refractivity contribution in [1.29, 1.82) is 0 Å². The highest BCUT2D eigenvalue weighted by atomic mass is 35.7. The highest BCUT2D eigenvalue weighted by Crippen LogP contribution is 2.52. The molecule has 0 bridgehead atoms. The van der Waals surface area contributed by atoms with Crippen LogP contribution in [0.2, 0.25) is 0 Å². The van der Waals surface area contributed by atoms with E-state index in [4.69, 9.17) is 20.3 Å². The van der Waals surface area contributed by atoms with Crippen molar-refractivity contribution in [3.8, 4) is 5.75 Å². The van der Waals surface area contributed by atoms with Crippen LogP contribution in [0, 0.1) is 0 Å². The Labute approximate surface area is 81.9 Å². The molecule has 0 aliphatic carbocycles. The monoisotopic (exact) mass is 220 g/mol. The Morgan fingerprint density at radius 3 is 2.54 bits per heavy atom. The van der Waals surface area contributed by atoms with Crippen LogP contribution in [0.1, 0.15) is 6.92 Å². The van der Waals surface area contributed by atoms with Crippen LogP contribution in [0.5, 0.6) is 5.75 Å². The largest absolute Gasteiger partial charge is 0.476 e. The summed E-state index contributed by atoms with van der Waals surface area (Å²) in [5.41, 5.74) is 0. The van der Waals surface area contributed by atoms with Gasteiger partial charge in [0.25, 0.3) is 0 Å². The Bertz CT molecular complexity index is 302. The molecule has 0 heterocycles. The van der Waals surface area contributed by atoms with E-state index in [0.717, 1.165) is 0 Å². The zero-order valence-electron chi connectivity index (χ0n) is 7.14. The molecule has 3 nitrogen and oxygen atoms in total. The molecule has 13 heavy (non-hydrogen) atoms. The third-order valence-corrected chi connectivity index (χ3v) is 2.74. The molecule has 72 valence electrons. The number of para-hydroxylation sites is 1. The number of benzene rings is 1. The fraction of sp³-hybridized carbons (Fsp3) is 0.250. The molecule has 0 aliphatic rings. The first kappa shape index (κ1) is 10.6. The van der Waals surface area contributed by atoms with Gasteiger partial charge in [0.2, 0.25) is 0 Å². The molecular weight excluding hydrogens is 211 g/mol. The van der Waals surface area contributed by atoms with Gasteiger partial charge in [-0.2, -0.15) is 0 Å². The fourth-order valence-electron chi connectivity index (χ4n) is 0.788. The molecule has 0 fully saturated rings. The molecule has 0 aliphatic heterocycles. The Kier molecular flexibility index (Phi) is 3.79. The lowest BCUT2D eigenvalue weighted by Crippen LogP contribution is -1.91. The predicted octanol–water partition coefficient (Wildman–Crippen LogP) is 3.45. The van der Waals surface area contributed by atoms with E-state index in [-0.39, 0.29) is 6.61 Å². The van der Waals surface area contributed by atoms with Gasteiger partial charge in [-0.1, -0.05) is 18.2 Å². The maximum Gasteiger partial charge on any atom is 0.476 e. The van der Waals surface area contributed by atoms with Crippen LogP contribution in [0.15, 0.2) is 30.3 Å². The van der Waals surface area contributed by atoms with E-state index in [1.807, 2.05) is 6.07 Å². The molecule has 0 amide bonds. The summed E-state index contributed by atoms with van der Waals surface area (Å²) < 4.78 is 21.0. The van der Waals surface area contributed by atoms with Crippen LogP contribution < -0.4 is 4.52 Å². The summed E-state index contributed by atoms with van der Waals surface area (Å²) in [5, 5.41) is 0. The number of rotatable bonds is 4. The first-order valence-corrected chi connectivity index (χ1v) is 6.28. The van der Waals surface area contributed by atoms with Crippen molar-refractivity contribution in [2.75, 3.05) is 6.61 Å². The van der Waals surface area contributed by atoms with Crippen LogP contribution in [-0.2, 0) is 9.09 Å². The average Bonchev–Trinajstić information content (AvgIpc) is 2.04. The molecule has 1 atom stereocenters. The van der Waals surface area contributed by atoms with E-state index in [9.17, 15) is 4.57 Å². The summed E-state index contributed by atoms with van der Waals surface area (Å²) in [5.74, 6) is 0.439. The van der Waals surface area contributed by atoms with Gasteiger partial charge in [0.1, 0.15) is 5.75 Å². The summed E-state index contributed by atoms with van der Waals surface area (Å²) in [6, 6.07) is 8.67. The lowest BCUT2D eigenvalue weighted by atomic mass is 10.3. The maximum absolute atomic E-state index is 11.3. The van der Waals surface area contributed by atoms with Gasteiger partial charge in [0, 0.05) is 11.2 Å². The van der Waals surface area contributed by atoms with Crippen LogP contribution >= 0.6 is 18.2 Å². The minimum absolute atomic E-state index is 0.258. The molecule has 1 aromatic carbocycles. The van der Waals surface area contributed by atoms with Gasteiger partial charge in [-0.05, 0) is 19.1 Å². The Balaban J connectivity index is 2.64. The third kappa shape index (κ3) is 3.81. The first-order valence-electron chi connectivity index (χ1n) is 3.83. The van der Waals surface area contributed by atoms with Gasteiger partial charge < -0.3 is 4.52 Å². The molecule has 0 saturated heterocycles. The minimum atomic E-state index is -3.44. The van der Waals surface area contributed by atoms with Crippen molar-refractivity contribution in [1.82, 2.24) is 0 Å². The molecule has 0 unspecified atom stereocenters. The predicted molar refractivity (Wildman–Crippen MR) is 52.2 cm³/mol. The quantitative estimate of drug-likeness (QED) is 0.729. The maximum atomic E-state index is 11.3. The molecule has 0 aromatic heterocycles. The standard InChI is InChI=1S/C8H10ClO3P/c1-2-11-13(9,10)12-8-6-4-3-5-7-8/h3-7H,2H2,1H3/t13-/m1/s1. The van der Waals surface area contributed by atoms with Crippen molar-refractivity contribution in [3.05, 3.63) is 30.3 Å². The molecular formula is C8H10ClO3P. The zero-order valence-corrected chi connectivity index (χ0v) is 8.79. The van der Waals surface area contributed by atoms with Gasteiger partial charge in [-0.25, -0.2) is 4.57 Å². The van der Waals surface area contributed by atoms with Crippen LogP contribution in [0.4, 0.5) is 0 Å². The molecule has 5 heteroatoms. The molecule has 0 spiro atoms. The van der Waals surface area contributed by atoms with E-state index in [1.165, 1.54) is 0 Å². The smallest absolute Gasteiger partial charge is 0.413 e. The molecule has 1 rings (SSSR count). The van der Waals surface area contributed by atoms with Crippen molar-refractivity contribution in [3.63, 3.8) is 0 Å². The summed E-state index contributed by atoms with van der Waals surface area (Å²) in [6.07, 6.45) is 0. The lowest BCUT2D eigenvalue weighted by molar-refractivity contribution is 0.295. The van der Waals surface area contributed by atoms with E-state index >= 15 is 0 Å². The molecule has 0 saturated carbocycles. The summed E-state index contributed by atoms with van der Waals surface area (Å²) in [7, 11) is 0. The van der Waals surface area contributed by atoms with Gasteiger partial charge >= 0.3 is 6.95 Å². The SMILES string of the molecule is CCO[P@](=O)(Cl)Oc1ccccc1. The minimum Gasteiger partial charge on any atom is -0.413 e. The first-order chi connectivity index (χ1) is 6.14. The molecule has 0 N–H and O–H groups in total. The Hall–Kier alpha value is -0.500.